The molecule has 0 bridgehead atoms. The lowest BCUT2D eigenvalue weighted by molar-refractivity contribution is -0.0538. The van der Waals surface area contributed by atoms with Crippen molar-refractivity contribution in [2.45, 2.75) is 26.0 Å². The van der Waals surface area contributed by atoms with Crippen LogP contribution in [0.15, 0.2) is 66.9 Å². The number of nitrogens with two attached hydrogens (primary N) is 1. The van der Waals surface area contributed by atoms with E-state index in [-0.39, 0.29) is 0 Å². The number of hydrogen-bond donors (Lipinski definition) is 4. The Balaban J connectivity index is 0.000000392. The maximum absolute atomic E-state index is 10.9. The van der Waals surface area contributed by atoms with Crippen LogP contribution in [-0.4, -0.2) is 40.6 Å². The Kier molecular flexibility index (Phi) is 9.32. The fourth-order valence-electron chi connectivity index (χ4n) is 3.22. The molecule has 0 radical (unpaired) electrons. The minimum atomic E-state index is -0.733. The third-order valence-corrected chi connectivity index (χ3v) is 5.37. The summed E-state index contributed by atoms with van der Waals surface area (Å²) in [7, 11) is 1.66. The van der Waals surface area contributed by atoms with E-state index >= 15 is 0 Å². The number of anilines is 2. The molecule has 9 heteroatoms. The van der Waals surface area contributed by atoms with Crippen LogP contribution in [-0.2, 0) is 11.4 Å². The zero-order chi connectivity index (χ0) is 26.1. The zero-order valence-corrected chi connectivity index (χ0v) is 21.2. The monoisotopic (exact) mass is 507 g/mol. The summed E-state index contributed by atoms with van der Waals surface area (Å²) in [5, 5.41) is 13.8. The van der Waals surface area contributed by atoms with Crippen LogP contribution in [0.2, 0.25) is 5.02 Å². The first kappa shape index (κ1) is 27.0. The molecule has 0 unspecified atom stereocenters. The number of fused-ring (bicyclic) bond motifs is 1. The third kappa shape index (κ3) is 7.73. The van der Waals surface area contributed by atoms with E-state index in [4.69, 9.17) is 27.3 Å². The van der Waals surface area contributed by atoms with Crippen LogP contribution in [0.25, 0.3) is 22.2 Å². The molecule has 4 rings (SSSR count). The molecule has 4 aromatic rings. The Labute approximate surface area is 215 Å². The number of aromatic nitrogens is 2. The molecule has 0 saturated heterocycles. The highest BCUT2D eigenvalue weighted by atomic mass is 35.5. The molecule has 36 heavy (non-hydrogen) atoms. The maximum atomic E-state index is 10.9. The van der Waals surface area contributed by atoms with Crippen LogP contribution in [0, 0.1) is 0 Å². The molecule has 2 aromatic carbocycles. The molecule has 0 spiro atoms. The largest absolute Gasteiger partial charge is 0.396 e. The second-order valence-corrected chi connectivity index (χ2v) is 9.08. The van der Waals surface area contributed by atoms with Gasteiger partial charge < -0.3 is 16.2 Å². The fraction of sp³-hybridized carbons (Fsp3) is 0.222. The fourth-order valence-corrected chi connectivity index (χ4v) is 3.45. The van der Waals surface area contributed by atoms with Crippen LogP contribution >= 0.6 is 11.6 Å². The predicted octanol–water partition coefficient (Wildman–Crippen LogP) is 4.87. The summed E-state index contributed by atoms with van der Waals surface area (Å²) >= 11 is 6.13. The minimum Gasteiger partial charge on any atom is -0.396 e. The summed E-state index contributed by atoms with van der Waals surface area (Å²) in [5.41, 5.74) is 12.4. The molecular weight excluding hydrogens is 478 g/mol. The van der Waals surface area contributed by atoms with Crippen molar-refractivity contribution in [2.75, 3.05) is 24.7 Å². The zero-order valence-electron chi connectivity index (χ0n) is 20.5. The first-order valence-corrected chi connectivity index (χ1v) is 11.7. The molecule has 0 fully saturated rings. The number of pyridine rings is 2. The highest BCUT2D eigenvalue weighted by molar-refractivity contribution is 6.33. The number of carbonyl (C=O) groups excluding carboxylic acids is 1. The molecule has 2 heterocycles. The Morgan fingerprint density at radius 1 is 1.14 bits per heavy atom. The molecule has 8 nitrogen and oxygen atoms in total. The second kappa shape index (κ2) is 12.4. The van der Waals surface area contributed by atoms with E-state index < -0.39 is 5.60 Å². The van der Waals surface area contributed by atoms with Gasteiger partial charge in [-0.2, -0.15) is 0 Å². The lowest BCUT2D eigenvalue weighted by atomic mass is 10.1. The van der Waals surface area contributed by atoms with Gasteiger partial charge in [0.15, 0.2) is 6.29 Å². The topological polar surface area (TPSA) is 122 Å². The Morgan fingerprint density at radius 3 is 2.61 bits per heavy atom. The SMILES string of the molecule is CNOCC(C)(C)O.Nc1ccc(-c2ccc(C=O)c(Cl)c2)nc1NCc1ccc2ncccc2c1. The summed E-state index contributed by atoms with van der Waals surface area (Å²) in [4.78, 5) is 24.6. The highest BCUT2D eigenvalue weighted by Gasteiger charge is 2.11. The highest BCUT2D eigenvalue weighted by Crippen LogP contribution is 2.27. The number of halogens is 1. The van der Waals surface area contributed by atoms with Gasteiger partial charge in [0, 0.05) is 36.3 Å². The smallest absolute Gasteiger partial charge is 0.151 e. The van der Waals surface area contributed by atoms with Gasteiger partial charge in [0.25, 0.3) is 0 Å². The number of benzene rings is 2. The molecule has 0 atom stereocenters. The molecule has 0 aliphatic rings. The van der Waals surface area contributed by atoms with E-state index in [9.17, 15) is 4.79 Å². The van der Waals surface area contributed by atoms with Crippen molar-refractivity contribution in [3.8, 4) is 11.3 Å². The number of carbonyl (C=O) groups is 1. The van der Waals surface area contributed by atoms with Crippen molar-refractivity contribution >= 4 is 40.3 Å². The van der Waals surface area contributed by atoms with Crippen LogP contribution in [0.3, 0.4) is 0 Å². The third-order valence-electron chi connectivity index (χ3n) is 5.05. The van der Waals surface area contributed by atoms with Gasteiger partial charge in [-0.3, -0.25) is 14.6 Å². The Morgan fingerprint density at radius 2 is 1.94 bits per heavy atom. The van der Waals surface area contributed by atoms with Gasteiger partial charge in [-0.1, -0.05) is 29.8 Å². The van der Waals surface area contributed by atoms with Gasteiger partial charge in [-0.15, -0.1) is 0 Å². The summed E-state index contributed by atoms with van der Waals surface area (Å²) in [6.45, 7) is 4.26. The quantitative estimate of drug-likeness (QED) is 0.197. The minimum absolute atomic E-state index is 0.309. The molecule has 188 valence electrons. The normalized spacial score (nSPS) is 11.0. The van der Waals surface area contributed by atoms with Gasteiger partial charge in [-0.25, -0.2) is 10.5 Å². The predicted molar refractivity (Wildman–Crippen MR) is 145 cm³/mol. The molecule has 5 N–H and O–H groups in total. The number of nitrogens with one attached hydrogen (secondary N) is 2. The average molecular weight is 508 g/mol. The van der Waals surface area contributed by atoms with Crippen LogP contribution < -0.4 is 16.5 Å². The van der Waals surface area contributed by atoms with E-state index in [1.165, 1.54) is 0 Å². The van der Waals surface area contributed by atoms with E-state index in [1.54, 1.807) is 45.3 Å². The van der Waals surface area contributed by atoms with Crippen LogP contribution in [0.1, 0.15) is 29.8 Å². The van der Waals surface area contributed by atoms with Crippen molar-refractivity contribution in [3.05, 3.63) is 83.0 Å². The van der Waals surface area contributed by atoms with Crippen molar-refractivity contribution in [2.24, 2.45) is 0 Å². The standard InChI is InChI=1S/C22H17ClN4O.C5H13NO2/c23-18-11-16(4-5-17(18)13-28)21-8-6-19(24)22(27-21)26-12-14-3-7-20-15(10-14)2-1-9-25-20;1-5(2,7)4-8-6-3/h1-11,13H,12,24H2,(H,26,27);6-7H,4H2,1-3H3. The maximum Gasteiger partial charge on any atom is 0.151 e. The Hall–Kier alpha value is -3.56. The van der Waals surface area contributed by atoms with Gasteiger partial charge in [0.1, 0.15) is 5.82 Å². The number of nitrogen functional groups attached to an aromatic ring is 1. The second-order valence-electron chi connectivity index (χ2n) is 8.68. The van der Waals surface area contributed by atoms with Crippen LogP contribution in [0.4, 0.5) is 11.5 Å². The summed E-state index contributed by atoms with van der Waals surface area (Å²) in [5.74, 6) is 0.597. The van der Waals surface area contributed by atoms with Gasteiger partial charge >= 0.3 is 0 Å². The number of aliphatic hydroxyl groups is 1. The number of aldehydes is 1. The number of hydroxylamine groups is 1. The molecule has 0 amide bonds. The van der Waals surface area contributed by atoms with Crippen molar-refractivity contribution in [1.82, 2.24) is 15.4 Å². The lowest BCUT2D eigenvalue weighted by Crippen LogP contribution is -2.29. The number of rotatable bonds is 8. The first-order valence-electron chi connectivity index (χ1n) is 11.3. The Bertz CT molecular complexity index is 1320. The number of nitrogens with zero attached hydrogens (tertiary/aromatic N) is 2. The summed E-state index contributed by atoms with van der Waals surface area (Å²) in [6.07, 6.45) is 2.51. The first-order chi connectivity index (χ1) is 17.2. The van der Waals surface area contributed by atoms with Crippen molar-refractivity contribution < 1.29 is 14.7 Å². The van der Waals surface area contributed by atoms with E-state index in [0.29, 0.717) is 35.2 Å². The van der Waals surface area contributed by atoms with Gasteiger partial charge in [0.05, 0.1) is 34.1 Å². The van der Waals surface area contributed by atoms with Crippen LogP contribution in [0.5, 0.6) is 0 Å². The molecule has 0 aliphatic heterocycles. The average Bonchev–Trinajstić information content (AvgIpc) is 2.86. The van der Waals surface area contributed by atoms with Crippen molar-refractivity contribution in [3.63, 3.8) is 0 Å². The molecular formula is C27H30ClN5O3. The van der Waals surface area contributed by atoms with Gasteiger partial charge in [-0.05, 0) is 61.9 Å². The molecule has 2 aromatic heterocycles. The lowest BCUT2D eigenvalue weighted by Gasteiger charge is -2.15. The summed E-state index contributed by atoms with van der Waals surface area (Å²) in [6, 6.07) is 18.9. The van der Waals surface area contributed by atoms with E-state index in [1.807, 2.05) is 36.4 Å². The van der Waals surface area contributed by atoms with Crippen molar-refractivity contribution in [1.29, 1.82) is 0 Å². The summed E-state index contributed by atoms with van der Waals surface area (Å²) < 4.78 is 0. The molecule has 0 aliphatic carbocycles. The van der Waals surface area contributed by atoms with E-state index in [2.05, 4.69) is 26.8 Å². The van der Waals surface area contributed by atoms with Gasteiger partial charge in [0.2, 0.25) is 0 Å². The number of hydrogen-bond acceptors (Lipinski definition) is 8. The van der Waals surface area contributed by atoms with E-state index in [0.717, 1.165) is 34.0 Å². The molecule has 0 saturated carbocycles.